The molecule has 2 aromatic carbocycles. The fraction of sp³-hybridized carbons (Fsp3) is 0.250. The van der Waals surface area contributed by atoms with Gasteiger partial charge in [0.1, 0.15) is 17.3 Å². The Bertz CT molecular complexity index is 634. The van der Waals surface area contributed by atoms with Crippen molar-refractivity contribution in [2.75, 3.05) is 19.5 Å². The summed E-state index contributed by atoms with van der Waals surface area (Å²) in [6.45, 7) is 1.98. The van der Waals surface area contributed by atoms with Gasteiger partial charge in [-0.1, -0.05) is 0 Å². The van der Waals surface area contributed by atoms with Crippen LogP contribution in [-0.2, 0) is 0 Å². The monoisotopic (exact) mass is 353 g/mol. The lowest BCUT2D eigenvalue weighted by atomic mass is 10.1. The summed E-state index contributed by atoms with van der Waals surface area (Å²) in [5.74, 6) is 1.21. The van der Waals surface area contributed by atoms with Crippen LogP contribution in [0.5, 0.6) is 11.5 Å². The zero-order chi connectivity index (χ0) is 15.4. The van der Waals surface area contributed by atoms with Gasteiger partial charge in [-0.2, -0.15) is 0 Å². The van der Waals surface area contributed by atoms with Crippen LogP contribution in [0.3, 0.4) is 0 Å². The van der Waals surface area contributed by atoms with E-state index in [9.17, 15) is 4.39 Å². The highest BCUT2D eigenvalue weighted by Crippen LogP contribution is 2.31. The number of hydrogen-bond acceptors (Lipinski definition) is 3. The van der Waals surface area contributed by atoms with Crippen LogP contribution in [0.2, 0.25) is 0 Å². The zero-order valence-electron chi connectivity index (χ0n) is 12.1. The summed E-state index contributed by atoms with van der Waals surface area (Å²) in [7, 11) is 3.24. The van der Waals surface area contributed by atoms with Crippen LogP contribution in [0.25, 0.3) is 0 Å². The molecule has 3 nitrogen and oxygen atoms in total. The van der Waals surface area contributed by atoms with Crippen molar-refractivity contribution < 1.29 is 13.9 Å². The summed E-state index contributed by atoms with van der Waals surface area (Å²) in [5.41, 5.74) is 1.65. The Morgan fingerprint density at radius 1 is 1.10 bits per heavy atom. The Morgan fingerprint density at radius 2 is 1.86 bits per heavy atom. The van der Waals surface area contributed by atoms with Crippen LogP contribution < -0.4 is 14.8 Å². The number of ether oxygens (including phenoxy) is 2. The molecule has 1 atom stereocenters. The first-order valence-corrected chi connectivity index (χ1v) is 7.28. The standard InChI is InChI=1S/C16H17BrFNO2/c1-10(19-11-4-6-14(17)15(18)8-11)13-9-12(20-2)5-7-16(13)21-3/h4-10,19H,1-3H3. The Kier molecular flexibility index (Phi) is 5.07. The molecule has 0 heterocycles. The highest BCUT2D eigenvalue weighted by Gasteiger charge is 2.13. The van der Waals surface area contributed by atoms with Gasteiger partial charge in [-0.3, -0.25) is 0 Å². The van der Waals surface area contributed by atoms with Crippen molar-refractivity contribution in [2.24, 2.45) is 0 Å². The quantitative estimate of drug-likeness (QED) is 0.838. The first-order chi connectivity index (χ1) is 10.0. The molecule has 0 amide bonds. The lowest BCUT2D eigenvalue weighted by Gasteiger charge is -2.19. The fourth-order valence-corrected chi connectivity index (χ4v) is 2.34. The van der Waals surface area contributed by atoms with E-state index >= 15 is 0 Å². The fourth-order valence-electron chi connectivity index (χ4n) is 2.09. The first kappa shape index (κ1) is 15.6. The van der Waals surface area contributed by atoms with Gasteiger partial charge in [-0.05, 0) is 59.3 Å². The maximum atomic E-state index is 13.6. The summed E-state index contributed by atoms with van der Waals surface area (Å²) in [6, 6.07) is 10.5. The van der Waals surface area contributed by atoms with Crippen LogP contribution in [-0.4, -0.2) is 14.2 Å². The van der Waals surface area contributed by atoms with Gasteiger partial charge in [-0.15, -0.1) is 0 Å². The topological polar surface area (TPSA) is 30.5 Å². The van der Waals surface area contributed by atoms with Crippen molar-refractivity contribution in [2.45, 2.75) is 13.0 Å². The van der Waals surface area contributed by atoms with Crippen LogP contribution >= 0.6 is 15.9 Å². The van der Waals surface area contributed by atoms with E-state index in [0.29, 0.717) is 10.2 Å². The van der Waals surface area contributed by atoms with Crippen LogP contribution in [0.15, 0.2) is 40.9 Å². The molecule has 0 aromatic heterocycles. The van der Waals surface area contributed by atoms with Crippen molar-refractivity contribution in [3.05, 3.63) is 52.3 Å². The predicted molar refractivity (Wildman–Crippen MR) is 85.7 cm³/mol. The molecular formula is C16H17BrFNO2. The molecule has 5 heteroatoms. The van der Waals surface area contributed by atoms with E-state index in [-0.39, 0.29) is 11.9 Å². The highest BCUT2D eigenvalue weighted by atomic mass is 79.9. The van der Waals surface area contributed by atoms with Crippen LogP contribution in [0, 0.1) is 5.82 Å². The summed E-state index contributed by atoms with van der Waals surface area (Å²) in [5, 5.41) is 3.26. The number of anilines is 1. The predicted octanol–water partition coefficient (Wildman–Crippen LogP) is 4.78. The summed E-state index contributed by atoms with van der Waals surface area (Å²) in [4.78, 5) is 0. The lowest BCUT2D eigenvalue weighted by molar-refractivity contribution is 0.397. The van der Waals surface area contributed by atoms with Gasteiger partial charge in [0, 0.05) is 11.3 Å². The third-order valence-electron chi connectivity index (χ3n) is 3.21. The number of halogens is 2. The molecule has 0 saturated carbocycles. The van der Waals surface area contributed by atoms with Gasteiger partial charge in [0.2, 0.25) is 0 Å². The molecule has 0 radical (unpaired) electrons. The van der Waals surface area contributed by atoms with Crippen molar-refractivity contribution in [1.29, 1.82) is 0 Å². The minimum absolute atomic E-state index is 0.0596. The lowest BCUT2D eigenvalue weighted by Crippen LogP contribution is -2.08. The third kappa shape index (κ3) is 3.67. The maximum Gasteiger partial charge on any atom is 0.139 e. The van der Waals surface area contributed by atoms with E-state index in [0.717, 1.165) is 17.1 Å². The molecule has 1 unspecified atom stereocenters. The van der Waals surface area contributed by atoms with E-state index in [1.165, 1.54) is 6.07 Å². The van der Waals surface area contributed by atoms with Crippen molar-refractivity contribution in [1.82, 2.24) is 0 Å². The largest absolute Gasteiger partial charge is 0.497 e. The van der Waals surface area contributed by atoms with Gasteiger partial charge in [0.05, 0.1) is 24.7 Å². The smallest absolute Gasteiger partial charge is 0.139 e. The second-order valence-electron chi connectivity index (χ2n) is 4.60. The second-order valence-corrected chi connectivity index (χ2v) is 5.46. The van der Waals surface area contributed by atoms with Gasteiger partial charge in [-0.25, -0.2) is 4.39 Å². The number of benzene rings is 2. The molecule has 0 aliphatic rings. The van der Waals surface area contributed by atoms with Gasteiger partial charge in [0.15, 0.2) is 0 Å². The zero-order valence-corrected chi connectivity index (χ0v) is 13.7. The molecule has 0 aliphatic heterocycles. The van der Waals surface area contributed by atoms with Crippen molar-refractivity contribution in [3.8, 4) is 11.5 Å². The minimum Gasteiger partial charge on any atom is -0.497 e. The van der Waals surface area contributed by atoms with E-state index in [1.807, 2.05) is 31.2 Å². The molecular weight excluding hydrogens is 337 g/mol. The SMILES string of the molecule is COc1ccc(OC)c(C(C)Nc2ccc(Br)c(F)c2)c1. The van der Waals surface area contributed by atoms with Gasteiger partial charge in [0.25, 0.3) is 0 Å². The van der Waals surface area contributed by atoms with Crippen LogP contribution in [0.1, 0.15) is 18.5 Å². The normalized spacial score (nSPS) is 11.9. The molecule has 0 fully saturated rings. The molecule has 112 valence electrons. The Labute approximate surface area is 132 Å². The van der Waals surface area contributed by atoms with Crippen LogP contribution in [0.4, 0.5) is 10.1 Å². The Hall–Kier alpha value is -1.75. The number of nitrogens with one attached hydrogen (secondary N) is 1. The van der Waals surface area contributed by atoms with Crippen molar-refractivity contribution >= 4 is 21.6 Å². The van der Waals surface area contributed by atoms with E-state index < -0.39 is 0 Å². The average Bonchev–Trinajstić information content (AvgIpc) is 2.50. The van der Waals surface area contributed by atoms with E-state index in [4.69, 9.17) is 9.47 Å². The first-order valence-electron chi connectivity index (χ1n) is 6.48. The third-order valence-corrected chi connectivity index (χ3v) is 3.85. The second kappa shape index (κ2) is 6.80. The molecule has 2 rings (SSSR count). The molecule has 2 aromatic rings. The maximum absolute atomic E-state index is 13.6. The molecule has 0 aliphatic carbocycles. The number of methoxy groups -OCH3 is 2. The average molecular weight is 354 g/mol. The number of rotatable bonds is 5. The molecule has 0 bridgehead atoms. The Balaban J connectivity index is 2.26. The summed E-state index contributed by atoms with van der Waals surface area (Å²) in [6.07, 6.45) is 0. The summed E-state index contributed by atoms with van der Waals surface area (Å²) < 4.78 is 24.6. The van der Waals surface area contributed by atoms with Gasteiger partial charge < -0.3 is 14.8 Å². The van der Waals surface area contributed by atoms with E-state index in [2.05, 4.69) is 21.2 Å². The minimum atomic E-state index is -0.301. The van der Waals surface area contributed by atoms with Gasteiger partial charge >= 0.3 is 0 Å². The molecule has 0 spiro atoms. The molecule has 21 heavy (non-hydrogen) atoms. The molecule has 1 N–H and O–H groups in total. The summed E-state index contributed by atoms with van der Waals surface area (Å²) >= 11 is 3.14. The molecule has 0 saturated heterocycles. The number of hydrogen-bond donors (Lipinski definition) is 1. The Morgan fingerprint density at radius 3 is 2.48 bits per heavy atom. The van der Waals surface area contributed by atoms with Crippen molar-refractivity contribution in [3.63, 3.8) is 0 Å². The highest BCUT2D eigenvalue weighted by molar-refractivity contribution is 9.10. The van der Waals surface area contributed by atoms with E-state index in [1.54, 1.807) is 20.3 Å².